The van der Waals surface area contributed by atoms with Crippen molar-refractivity contribution in [1.82, 2.24) is 9.88 Å². The van der Waals surface area contributed by atoms with Crippen molar-refractivity contribution in [3.63, 3.8) is 0 Å². The molecule has 0 saturated carbocycles. The summed E-state index contributed by atoms with van der Waals surface area (Å²) in [6.07, 6.45) is 4.94. The van der Waals surface area contributed by atoms with E-state index < -0.39 is 0 Å². The number of fused-ring (bicyclic) bond motifs is 2. The van der Waals surface area contributed by atoms with E-state index in [-0.39, 0.29) is 11.3 Å². The van der Waals surface area contributed by atoms with Crippen molar-refractivity contribution in [1.29, 1.82) is 0 Å². The van der Waals surface area contributed by atoms with Crippen LogP contribution in [0, 0.1) is 0 Å². The highest BCUT2D eigenvalue weighted by atomic mass is 35.5. The Kier molecular flexibility index (Phi) is 5.76. The number of rotatable bonds is 6. The van der Waals surface area contributed by atoms with Crippen molar-refractivity contribution in [3.05, 3.63) is 106 Å². The zero-order valence-electron chi connectivity index (χ0n) is 19.2. The minimum Gasteiger partial charge on any atom is -0.361 e. The molecular weight excluding hydrogens is 428 g/mol. The lowest BCUT2D eigenvalue weighted by molar-refractivity contribution is 0.0747. The van der Waals surface area contributed by atoms with Crippen molar-refractivity contribution in [3.8, 4) is 0 Å². The second-order valence-corrected chi connectivity index (χ2v) is 10.2. The molecule has 1 aliphatic rings. The molecule has 0 atom stereocenters. The van der Waals surface area contributed by atoms with E-state index in [9.17, 15) is 4.79 Å². The first-order valence-electron chi connectivity index (χ1n) is 11.6. The van der Waals surface area contributed by atoms with E-state index >= 15 is 0 Å². The molecule has 3 nitrogen and oxygen atoms in total. The fourth-order valence-corrected chi connectivity index (χ4v) is 5.28. The van der Waals surface area contributed by atoms with Gasteiger partial charge in [0.2, 0.25) is 0 Å². The molecule has 4 heteroatoms. The van der Waals surface area contributed by atoms with Gasteiger partial charge in [-0.3, -0.25) is 4.79 Å². The number of hydrogen-bond acceptors (Lipinski definition) is 1. The molecule has 4 aromatic rings. The largest absolute Gasteiger partial charge is 0.361 e. The average molecular weight is 457 g/mol. The summed E-state index contributed by atoms with van der Waals surface area (Å²) >= 11 is 6.37. The van der Waals surface area contributed by atoms with Crippen LogP contribution >= 0.6 is 11.6 Å². The number of carbonyl (C=O) groups is 1. The molecule has 1 amide bonds. The number of nitrogens with zero attached hydrogens (tertiary/aromatic N) is 1. The minimum absolute atomic E-state index is 0.00158. The SMILES string of the molecule is CC1(C)CCc2cc(CN(CCc3ccccc3)C(=O)c3cc(Cl)cc4cc[nH]c34)ccc21. The van der Waals surface area contributed by atoms with Crippen LogP contribution in [0.25, 0.3) is 10.9 Å². The van der Waals surface area contributed by atoms with Gasteiger partial charge in [-0.2, -0.15) is 0 Å². The van der Waals surface area contributed by atoms with Gasteiger partial charge in [-0.25, -0.2) is 0 Å². The monoisotopic (exact) mass is 456 g/mol. The number of aryl methyl sites for hydroxylation is 1. The summed E-state index contributed by atoms with van der Waals surface area (Å²) in [7, 11) is 0. The molecule has 1 aromatic heterocycles. The fraction of sp³-hybridized carbons (Fsp3) is 0.276. The van der Waals surface area contributed by atoms with E-state index in [1.807, 2.05) is 41.4 Å². The molecule has 33 heavy (non-hydrogen) atoms. The Morgan fingerprint density at radius 1 is 1.03 bits per heavy atom. The van der Waals surface area contributed by atoms with Crippen molar-refractivity contribution in [2.45, 2.75) is 45.1 Å². The molecule has 168 valence electrons. The molecule has 0 spiro atoms. The highest BCUT2D eigenvalue weighted by Gasteiger charge is 2.30. The Morgan fingerprint density at radius 3 is 2.67 bits per heavy atom. The predicted octanol–water partition coefficient (Wildman–Crippen LogP) is 6.93. The number of aromatic nitrogens is 1. The van der Waals surface area contributed by atoms with E-state index in [2.05, 4.69) is 49.2 Å². The highest BCUT2D eigenvalue weighted by molar-refractivity contribution is 6.32. The summed E-state index contributed by atoms with van der Waals surface area (Å²) in [5.74, 6) is 0.00158. The Bertz CT molecular complexity index is 1310. The smallest absolute Gasteiger partial charge is 0.256 e. The van der Waals surface area contributed by atoms with Gasteiger partial charge in [0.25, 0.3) is 5.91 Å². The van der Waals surface area contributed by atoms with Gasteiger partial charge in [0.15, 0.2) is 0 Å². The third kappa shape index (κ3) is 4.43. The van der Waals surface area contributed by atoms with Crippen LogP contribution in [-0.4, -0.2) is 22.3 Å². The highest BCUT2D eigenvalue weighted by Crippen LogP contribution is 2.38. The van der Waals surface area contributed by atoms with Gasteiger partial charge in [-0.05, 0) is 65.1 Å². The van der Waals surface area contributed by atoms with Gasteiger partial charge in [-0.15, -0.1) is 0 Å². The van der Waals surface area contributed by atoms with Crippen LogP contribution in [0.1, 0.15) is 52.9 Å². The molecule has 3 aromatic carbocycles. The maximum Gasteiger partial charge on any atom is 0.256 e. The quantitative estimate of drug-likeness (QED) is 0.335. The Labute approximate surface area is 200 Å². The topological polar surface area (TPSA) is 36.1 Å². The second kappa shape index (κ2) is 8.72. The van der Waals surface area contributed by atoms with Gasteiger partial charge in [0.05, 0.1) is 11.1 Å². The molecule has 1 aliphatic carbocycles. The normalized spacial score (nSPS) is 14.4. The summed E-state index contributed by atoms with van der Waals surface area (Å²) in [4.78, 5) is 19.0. The summed E-state index contributed by atoms with van der Waals surface area (Å²) < 4.78 is 0. The van der Waals surface area contributed by atoms with Gasteiger partial charge in [0, 0.05) is 29.7 Å². The molecule has 0 unspecified atom stereocenters. The summed E-state index contributed by atoms with van der Waals surface area (Å²) in [5, 5.41) is 1.53. The first-order chi connectivity index (χ1) is 15.9. The number of aromatic amines is 1. The number of nitrogens with one attached hydrogen (secondary N) is 1. The molecule has 0 radical (unpaired) electrons. The molecular formula is C29H29ClN2O. The first-order valence-corrected chi connectivity index (χ1v) is 12.0. The second-order valence-electron chi connectivity index (χ2n) is 9.73. The summed E-state index contributed by atoms with van der Waals surface area (Å²) in [5.41, 5.74) is 6.96. The van der Waals surface area contributed by atoms with Crippen LogP contribution in [0.5, 0.6) is 0 Å². The molecule has 0 bridgehead atoms. The summed E-state index contributed by atoms with van der Waals surface area (Å²) in [6.45, 7) is 5.85. The number of halogens is 1. The number of carbonyl (C=O) groups excluding carboxylic acids is 1. The zero-order valence-corrected chi connectivity index (χ0v) is 20.0. The fourth-order valence-electron chi connectivity index (χ4n) is 5.05. The van der Waals surface area contributed by atoms with Crippen molar-refractivity contribution >= 4 is 28.4 Å². The van der Waals surface area contributed by atoms with Crippen LogP contribution in [0.4, 0.5) is 0 Å². The van der Waals surface area contributed by atoms with E-state index in [1.54, 1.807) is 6.07 Å². The maximum absolute atomic E-state index is 13.8. The van der Waals surface area contributed by atoms with E-state index in [0.29, 0.717) is 23.7 Å². The number of hydrogen-bond donors (Lipinski definition) is 1. The van der Waals surface area contributed by atoms with Crippen LogP contribution in [0.2, 0.25) is 5.02 Å². The van der Waals surface area contributed by atoms with Crippen molar-refractivity contribution < 1.29 is 4.79 Å². The Balaban J connectivity index is 1.46. The van der Waals surface area contributed by atoms with Gasteiger partial charge < -0.3 is 9.88 Å². The van der Waals surface area contributed by atoms with E-state index in [1.165, 1.54) is 28.7 Å². The summed E-state index contributed by atoms with van der Waals surface area (Å²) in [6, 6.07) is 22.7. The molecule has 1 N–H and O–H groups in total. The van der Waals surface area contributed by atoms with E-state index in [0.717, 1.165) is 23.7 Å². The third-order valence-corrected chi connectivity index (χ3v) is 7.16. The zero-order chi connectivity index (χ0) is 23.0. The standard InChI is InChI=1S/C29H29ClN2O/c1-29(2)13-10-22-16-21(8-9-26(22)29)19-32(15-12-20-6-4-3-5-7-20)28(33)25-18-24(30)17-23-11-14-31-27(23)25/h3-9,11,14,16-18,31H,10,12-13,15,19H2,1-2H3. The molecule has 0 fully saturated rings. The lowest BCUT2D eigenvalue weighted by atomic mass is 9.86. The van der Waals surface area contributed by atoms with Crippen molar-refractivity contribution in [2.75, 3.05) is 6.54 Å². The Hall–Kier alpha value is -3.04. The van der Waals surface area contributed by atoms with Gasteiger partial charge >= 0.3 is 0 Å². The molecule has 1 heterocycles. The molecule has 0 saturated heterocycles. The first kappa shape index (κ1) is 21.8. The van der Waals surface area contributed by atoms with Crippen molar-refractivity contribution in [2.24, 2.45) is 0 Å². The Morgan fingerprint density at radius 2 is 1.85 bits per heavy atom. The maximum atomic E-state index is 13.8. The van der Waals surface area contributed by atoms with Crippen LogP contribution in [0.3, 0.4) is 0 Å². The van der Waals surface area contributed by atoms with Crippen LogP contribution in [0.15, 0.2) is 72.9 Å². The van der Waals surface area contributed by atoms with Gasteiger partial charge in [0.1, 0.15) is 0 Å². The third-order valence-electron chi connectivity index (χ3n) is 6.95. The molecule has 0 aliphatic heterocycles. The van der Waals surface area contributed by atoms with Crippen LogP contribution in [-0.2, 0) is 24.8 Å². The number of amides is 1. The molecule has 5 rings (SSSR count). The van der Waals surface area contributed by atoms with Crippen LogP contribution < -0.4 is 0 Å². The van der Waals surface area contributed by atoms with Gasteiger partial charge in [-0.1, -0.05) is 74.0 Å². The minimum atomic E-state index is 0.00158. The lowest BCUT2D eigenvalue weighted by Gasteiger charge is -2.24. The van der Waals surface area contributed by atoms with E-state index in [4.69, 9.17) is 11.6 Å². The average Bonchev–Trinajstić information content (AvgIpc) is 3.40. The predicted molar refractivity (Wildman–Crippen MR) is 136 cm³/mol. The lowest BCUT2D eigenvalue weighted by Crippen LogP contribution is -2.32. The number of benzene rings is 3. The number of H-pyrrole nitrogens is 1.